The molecular formula is C19H18N4O3S. The summed E-state index contributed by atoms with van der Waals surface area (Å²) < 4.78 is 26.7. The predicted octanol–water partition coefficient (Wildman–Crippen LogP) is 2.55. The minimum absolute atomic E-state index is 0.151. The van der Waals surface area contributed by atoms with Crippen LogP contribution in [-0.2, 0) is 16.6 Å². The standard InChI is InChI=1S/C19H18N4O3S/c1-23(14-15-5-3-2-4-6-15)27(25,26)17-9-7-16(8-10-17)22-19(24)18-13-20-11-12-21-18/h2-13H,14H2,1H3,(H,22,24). The summed E-state index contributed by atoms with van der Waals surface area (Å²) in [5, 5.41) is 2.66. The number of nitrogens with zero attached hydrogens (tertiary/aromatic N) is 3. The zero-order valence-corrected chi connectivity index (χ0v) is 15.4. The van der Waals surface area contributed by atoms with Crippen molar-refractivity contribution in [3.05, 3.63) is 84.4 Å². The number of carbonyl (C=O) groups excluding carboxylic acids is 1. The zero-order valence-electron chi connectivity index (χ0n) is 14.6. The van der Waals surface area contributed by atoms with Gasteiger partial charge in [0.25, 0.3) is 5.91 Å². The van der Waals surface area contributed by atoms with E-state index in [1.165, 1.54) is 54.2 Å². The van der Waals surface area contributed by atoms with Crippen molar-refractivity contribution in [3.63, 3.8) is 0 Å². The van der Waals surface area contributed by atoms with Gasteiger partial charge in [0.05, 0.1) is 11.1 Å². The van der Waals surface area contributed by atoms with Gasteiger partial charge in [-0.2, -0.15) is 4.31 Å². The Labute approximate surface area is 157 Å². The van der Waals surface area contributed by atoms with Gasteiger partial charge in [-0.25, -0.2) is 13.4 Å². The van der Waals surface area contributed by atoms with E-state index in [4.69, 9.17) is 0 Å². The van der Waals surface area contributed by atoms with Gasteiger partial charge in [-0.15, -0.1) is 0 Å². The molecule has 0 atom stereocenters. The van der Waals surface area contributed by atoms with E-state index < -0.39 is 15.9 Å². The lowest BCUT2D eigenvalue weighted by Crippen LogP contribution is -2.26. The Hall–Kier alpha value is -3.10. The van der Waals surface area contributed by atoms with E-state index in [2.05, 4.69) is 15.3 Å². The van der Waals surface area contributed by atoms with E-state index in [-0.39, 0.29) is 17.1 Å². The normalized spacial score (nSPS) is 11.3. The fourth-order valence-electron chi connectivity index (χ4n) is 2.43. The molecule has 0 radical (unpaired) electrons. The fraction of sp³-hybridized carbons (Fsp3) is 0.105. The summed E-state index contributed by atoms with van der Waals surface area (Å²) >= 11 is 0. The molecule has 1 heterocycles. The quantitative estimate of drug-likeness (QED) is 0.707. The minimum Gasteiger partial charge on any atom is -0.321 e. The van der Waals surface area contributed by atoms with Crippen LogP contribution >= 0.6 is 0 Å². The van der Waals surface area contributed by atoms with Gasteiger partial charge in [0, 0.05) is 31.7 Å². The Morgan fingerprint density at radius 2 is 1.74 bits per heavy atom. The highest BCUT2D eigenvalue weighted by atomic mass is 32.2. The molecule has 1 aromatic heterocycles. The summed E-state index contributed by atoms with van der Waals surface area (Å²) in [7, 11) is -2.10. The van der Waals surface area contributed by atoms with Crippen molar-refractivity contribution in [3.8, 4) is 0 Å². The number of sulfonamides is 1. The lowest BCUT2D eigenvalue weighted by atomic mass is 10.2. The highest BCUT2D eigenvalue weighted by Crippen LogP contribution is 2.19. The lowest BCUT2D eigenvalue weighted by molar-refractivity contribution is 0.102. The number of benzene rings is 2. The first-order valence-corrected chi connectivity index (χ1v) is 9.58. The first-order chi connectivity index (χ1) is 13.0. The number of anilines is 1. The van der Waals surface area contributed by atoms with Gasteiger partial charge in [0.1, 0.15) is 5.69 Å². The second kappa shape index (κ2) is 8.07. The Balaban J connectivity index is 1.71. The summed E-state index contributed by atoms with van der Waals surface area (Å²) in [6, 6.07) is 15.4. The number of hydrogen-bond donors (Lipinski definition) is 1. The van der Waals surface area contributed by atoms with Crippen LogP contribution in [0.5, 0.6) is 0 Å². The number of rotatable bonds is 6. The summed E-state index contributed by atoms with van der Waals surface area (Å²) in [6.45, 7) is 0.272. The Morgan fingerprint density at radius 3 is 2.37 bits per heavy atom. The van der Waals surface area contributed by atoms with Crippen LogP contribution in [0.15, 0.2) is 78.1 Å². The molecule has 3 aromatic rings. The first-order valence-electron chi connectivity index (χ1n) is 8.14. The molecule has 0 bridgehead atoms. The van der Waals surface area contributed by atoms with E-state index in [0.717, 1.165) is 5.56 Å². The van der Waals surface area contributed by atoms with Crippen molar-refractivity contribution in [2.45, 2.75) is 11.4 Å². The minimum atomic E-state index is -3.64. The average Bonchev–Trinajstić information content (AvgIpc) is 2.70. The topological polar surface area (TPSA) is 92.3 Å². The van der Waals surface area contributed by atoms with Crippen molar-refractivity contribution in [2.75, 3.05) is 12.4 Å². The van der Waals surface area contributed by atoms with Crippen LogP contribution in [0.2, 0.25) is 0 Å². The number of carbonyl (C=O) groups is 1. The van der Waals surface area contributed by atoms with E-state index in [1.807, 2.05) is 30.3 Å². The molecule has 0 saturated heterocycles. The van der Waals surface area contributed by atoms with Crippen molar-refractivity contribution in [1.82, 2.24) is 14.3 Å². The number of nitrogens with one attached hydrogen (secondary N) is 1. The molecule has 2 aromatic carbocycles. The highest BCUT2D eigenvalue weighted by molar-refractivity contribution is 7.89. The van der Waals surface area contributed by atoms with Crippen LogP contribution in [0, 0.1) is 0 Å². The molecule has 8 heteroatoms. The highest BCUT2D eigenvalue weighted by Gasteiger charge is 2.21. The van der Waals surface area contributed by atoms with E-state index >= 15 is 0 Å². The average molecular weight is 382 g/mol. The van der Waals surface area contributed by atoms with Crippen LogP contribution in [0.3, 0.4) is 0 Å². The molecule has 0 unspecified atom stereocenters. The van der Waals surface area contributed by atoms with Gasteiger partial charge in [-0.1, -0.05) is 30.3 Å². The second-order valence-electron chi connectivity index (χ2n) is 5.82. The van der Waals surface area contributed by atoms with Gasteiger partial charge in [0.15, 0.2) is 0 Å². The zero-order chi connectivity index (χ0) is 19.3. The van der Waals surface area contributed by atoms with Crippen molar-refractivity contribution in [2.24, 2.45) is 0 Å². The molecule has 1 N–H and O–H groups in total. The van der Waals surface area contributed by atoms with Gasteiger partial charge in [-0.3, -0.25) is 9.78 Å². The molecule has 0 aliphatic rings. The van der Waals surface area contributed by atoms with Gasteiger partial charge in [-0.05, 0) is 29.8 Å². The smallest absolute Gasteiger partial charge is 0.275 e. The van der Waals surface area contributed by atoms with Crippen molar-refractivity contribution in [1.29, 1.82) is 0 Å². The molecule has 0 aliphatic heterocycles. The molecular weight excluding hydrogens is 364 g/mol. The van der Waals surface area contributed by atoms with Crippen LogP contribution < -0.4 is 5.32 Å². The Morgan fingerprint density at radius 1 is 1.04 bits per heavy atom. The molecule has 0 spiro atoms. The van der Waals surface area contributed by atoms with Crippen molar-refractivity contribution >= 4 is 21.6 Å². The van der Waals surface area contributed by atoms with Gasteiger partial charge < -0.3 is 5.32 Å². The molecule has 27 heavy (non-hydrogen) atoms. The third-order valence-electron chi connectivity index (χ3n) is 3.86. The number of aromatic nitrogens is 2. The Kier molecular flexibility index (Phi) is 5.58. The SMILES string of the molecule is CN(Cc1ccccc1)S(=O)(=O)c1ccc(NC(=O)c2cnccn2)cc1. The van der Waals surface area contributed by atoms with Crippen LogP contribution in [0.1, 0.15) is 16.1 Å². The lowest BCUT2D eigenvalue weighted by Gasteiger charge is -2.17. The predicted molar refractivity (Wildman–Crippen MR) is 102 cm³/mol. The maximum Gasteiger partial charge on any atom is 0.275 e. The van der Waals surface area contributed by atoms with Crippen LogP contribution in [-0.4, -0.2) is 35.6 Å². The molecule has 7 nitrogen and oxygen atoms in total. The maximum absolute atomic E-state index is 12.7. The number of hydrogen-bond acceptors (Lipinski definition) is 5. The van der Waals surface area contributed by atoms with E-state index in [9.17, 15) is 13.2 Å². The van der Waals surface area contributed by atoms with E-state index in [0.29, 0.717) is 5.69 Å². The third kappa shape index (κ3) is 4.55. The third-order valence-corrected chi connectivity index (χ3v) is 5.68. The maximum atomic E-state index is 12.7. The van der Waals surface area contributed by atoms with Gasteiger partial charge >= 0.3 is 0 Å². The largest absolute Gasteiger partial charge is 0.321 e. The molecule has 0 saturated carbocycles. The van der Waals surface area contributed by atoms with Gasteiger partial charge in [0.2, 0.25) is 10.0 Å². The molecule has 1 amide bonds. The summed E-state index contributed by atoms with van der Waals surface area (Å²) in [5.41, 5.74) is 1.54. The fourth-order valence-corrected chi connectivity index (χ4v) is 3.59. The van der Waals surface area contributed by atoms with Crippen molar-refractivity contribution < 1.29 is 13.2 Å². The first kappa shape index (κ1) is 18.7. The molecule has 3 rings (SSSR count). The number of amides is 1. The molecule has 138 valence electrons. The summed E-state index contributed by atoms with van der Waals surface area (Å²) in [5.74, 6) is -0.417. The molecule has 0 fully saturated rings. The monoisotopic (exact) mass is 382 g/mol. The van der Waals surface area contributed by atoms with E-state index in [1.54, 1.807) is 0 Å². The summed E-state index contributed by atoms with van der Waals surface area (Å²) in [4.78, 5) is 20.0. The second-order valence-corrected chi connectivity index (χ2v) is 7.86. The summed E-state index contributed by atoms with van der Waals surface area (Å²) in [6.07, 6.45) is 4.25. The van der Waals surface area contributed by atoms with Crippen LogP contribution in [0.4, 0.5) is 5.69 Å². The van der Waals surface area contributed by atoms with Crippen LogP contribution in [0.25, 0.3) is 0 Å². The molecule has 0 aliphatic carbocycles. The Bertz CT molecular complexity index is 1010.